The molecular weight excluding hydrogens is 206 g/mol. The van der Waals surface area contributed by atoms with Crippen LogP contribution in [0.3, 0.4) is 0 Å². The average molecular weight is 235 g/mol. The Balaban J connectivity index is 1.62. The molecule has 0 aliphatic heterocycles. The molecule has 0 aromatic carbocycles. The third kappa shape index (κ3) is 2.54. The standard InChI is InChI=1S/C16H29N/c1-14(2)9-15(3,4)11-16(10-14)7-12(16)8-17-13-5-6-13/h12-13,17H,5-11H2,1-4H3. The molecule has 1 nitrogen and oxygen atoms in total. The van der Waals surface area contributed by atoms with Gasteiger partial charge in [-0.05, 0) is 67.2 Å². The van der Waals surface area contributed by atoms with Gasteiger partial charge in [0.25, 0.3) is 0 Å². The van der Waals surface area contributed by atoms with Gasteiger partial charge >= 0.3 is 0 Å². The van der Waals surface area contributed by atoms with Crippen LogP contribution in [0.2, 0.25) is 0 Å². The monoisotopic (exact) mass is 235 g/mol. The molecule has 0 aromatic rings. The lowest BCUT2D eigenvalue weighted by Crippen LogP contribution is -2.36. The van der Waals surface area contributed by atoms with Crippen LogP contribution in [0.25, 0.3) is 0 Å². The van der Waals surface area contributed by atoms with E-state index in [0.717, 1.165) is 12.0 Å². The molecule has 98 valence electrons. The van der Waals surface area contributed by atoms with Crippen LogP contribution < -0.4 is 5.32 Å². The molecule has 0 bridgehead atoms. The minimum atomic E-state index is 0.566. The van der Waals surface area contributed by atoms with Crippen LogP contribution >= 0.6 is 0 Å². The van der Waals surface area contributed by atoms with Crippen LogP contribution in [0.4, 0.5) is 0 Å². The highest BCUT2D eigenvalue weighted by molar-refractivity contribution is 5.11. The normalized spacial score (nSPS) is 37.1. The lowest BCUT2D eigenvalue weighted by atomic mass is 9.59. The van der Waals surface area contributed by atoms with Gasteiger partial charge in [0.1, 0.15) is 0 Å². The fourth-order valence-electron chi connectivity index (χ4n) is 5.14. The smallest absolute Gasteiger partial charge is 0.00683 e. The van der Waals surface area contributed by atoms with Gasteiger partial charge in [0.15, 0.2) is 0 Å². The van der Waals surface area contributed by atoms with Crippen molar-refractivity contribution in [2.45, 2.75) is 72.3 Å². The minimum Gasteiger partial charge on any atom is -0.314 e. The Hall–Kier alpha value is -0.0400. The molecule has 3 aliphatic rings. The van der Waals surface area contributed by atoms with Gasteiger partial charge in [-0.15, -0.1) is 0 Å². The fraction of sp³-hybridized carbons (Fsp3) is 1.00. The Morgan fingerprint density at radius 3 is 2.06 bits per heavy atom. The topological polar surface area (TPSA) is 12.0 Å². The van der Waals surface area contributed by atoms with Crippen LogP contribution in [-0.4, -0.2) is 12.6 Å². The zero-order valence-electron chi connectivity index (χ0n) is 12.1. The first-order chi connectivity index (χ1) is 7.80. The second kappa shape index (κ2) is 3.50. The lowest BCUT2D eigenvalue weighted by molar-refractivity contribution is 0.0466. The van der Waals surface area contributed by atoms with Crippen LogP contribution in [-0.2, 0) is 0 Å². The highest BCUT2D eigenvalue weighted by atomic mass is 15.0. The number of hydrogen-bond acceptors (Lipinski definition) is 1. The Labute approximate surface area is 107 Å². The molecule has 0 radical (unpaired) electrons. The molecule has 1 N–H and O–H groups in total. The highest BCUT2D eigenvalue weighted by Gasteiger charge is 2.60. The summed E-state index contributed by atoms with van der Waals surface area (Å²) >= 11 is 0. The van der Waals surface area contributed by atoms with Crippen molar-refractivity contribution in [1.82, 2.24) is 5.32 Å². The van der Waals surface area contributed by atoms with E-state index in [0.29, 0.717) is 16.2 Å². The molecule has 0 aromatic heterocycles. The summed E-state index contributed by atoms with van der Waals surface area (Å²) in [4.78, 5) is 0. The first-order valence-electron chi connectivity index (χ1n) is 7.54. The SMILES string of the molecule is CC1(C)CC(C)(C)CC2(CC2CNC2CC2)C1. The van der Waals surface area contributed by atoms with E-state index in [9.17, 15) is 0 Å². The quantitative estimate of drug-likeness (QED) is 0.780. The van der Waals surface area contributed by atoms with Gasteiger partial charge in [-0.2, -0.15) is 0 Å². The molecule has 3 saturated carbocycles. The maximum absolute atomic E-state index is 3.74. The van der Waals surface area contributed by atoms with Gasteiger partial charge in [0, 0.05) is 6.04 Å². The van der Waals surface area contributed by atoms with Crippen LogP contribution in [0.5, 0.6) is 0 Å². The minimum absolute atomic E-state index is 0.566. The third-order valence-electron chi connectivity index (χ3n) is 5.21. The van der Waals surface area contributed by atoms with Crippen molar-refractivity contribution in [1.29, 1.82) is 0 Å². The largest absolute Gasteiger partial charge is 0.314 e. The van der Waals surface area contributed by atoms with E-state index >= 15 is 0 Å². The van der Waals surface area contributed by atoms with Crippen molar-refractivity contribution in [3.63, 3.8) is 0 Å². The van der Waals surface area contributed by atoms with E-state index in [-0.39, 0.29) is 0 Å². The summed E-state index contributed by atoms with van der Waals surface area (Å²) in [6.07, 6.45) is 8.71. The van der Waals surface area contributed by atoms with Crippen LogP contribution in [0.1, 0.15) is 66.2 Å². The van der Waals surface area contributed by atoms with Crippen molar-refractivity contribution in [2.75, 3.05) is 6.54 Å². The summed E-state index contributed by atoms with van der Waals surface area (Å²) in [6.45, 7) is 11.2. The summed E-state index contributed by atoms with van der Waals surface area (Å²) in [5.74, 6) is 0.988. The molecule has 0 amide bonds. The fourth-order valence-corrected chi connectivity index (χ4v) is 5.14. The summed E-state index contributed by atoms with van der Waals surface area (Å²) in [5.41, 5.74) is 1.85. The zero-order valence-corrected chi connectivity index (χ0v) is 12.1. The molecule has 3 rings (SSSR count). The maximum Gasteiger partial charge on any atom is 0.00683 e. The number of rotatable bonds is 3. The lowest BCUT2D eigenvalue weighted by Gasteiger charge is -2.46. The van der Waals surface area contributed by atoms with Crippen molar-refractivity contribution in [3.05, 3.63) is 0 Å². The summed E-state index contributed by atoms with van der Waals surface area (Å²) in [6, 6.07) is 0.886. The third-order valence-corrected chi connectivity index (χ3v) is 5.21. The molecule has 17 heavy (non-hydrogen) atoms. The van der Waals surface area contributed by atoms with Gasteiger partial charge in [-0.3, -0.25) is 0 Å². The maximum atomic E-state index is 3.74. The van der Waals surface area contributed by atoms with Crippen molar-refractivity contribution >= 4 is 0 Å². The van der Waals surface area contributed by atoms with Crippen LogP contribution in [0.15, 0.2) is 0 Å². The van der Waals surface area contributed by atoms with E-state index in [1.54, 1.807) is 0 Å². The Morgan fingerprint density at radius 2 is 1.53 bits per heavy atom. The Bertz CT molecular complexity index is 295. The number of nitrogens with one attached hydrogen (secondary N) is 1. The van der Waals surface area contributed by atoms with Gasteiger partial charge < -0.3 is 5.32 Å². The van der Waals surface area contributed by atoms with E-state index in [2.05, 4.69) is 33.0 Å². The van der Waals surface area contributed by atoms with E-state index in [1.807, 2.05) is 0 Å². The van der Waals surface area contributed by atoms with Crippen LogP contribution in [0, 0.1) is 22.2 Å². The van der Waals surface area contributed by atoms with Gasteiger partial charge in [0.2, 0.25) is 0 Å². The molecule has 1 spiro atoms. The van der Waals surface area contributed by atoms with Crippen molar-refractivity contribution in [3.8, 4) is 0 Å². The number of hydrogen-bond donors (Lipinski definition) is 1. The first-order valence-corrected chi connectivity index (χ1v) is 7.54. The van der Waals surface area contributed by atoms with Crippen molar-refractivity contribution < 1.29 is 0 Å². The highest BCUT2D eigenvalue weighted by Crippen LogP contribution is 2.68. The predicted molar refractivity (Wildman–Crippen MR) is 73.0 cm³/mol. The molecule has 0 heterocycles. The van der Waals surface area contributed by atoms with E-state index in [1.165, 1.54) is 45.1 Å². The molecule has 1 unspecified atom stereocenters. The van der Waals surface area contributed by atoms with E-state index < -0.39 is 0 Å². The molecule has 3 fully saturated rings. The van der Waals surface area contributed by atoms with Gasteiger partial charge in [0.05, 0.1) is 0 Å². The van der Waals surface area contributed by atoms with Gasteiger partial charge in [-0.25, -0.2) is 0 Å². The Kier molecular flexibility index (Phi) is 2.47. The zero-order chi connectivity index (χ0) is 12.3. The van der Waals surface area contributed by atoms with Gasteiger partial charge in [-0.1, -0.05) is 27.7 Å². The second-order valence-corrected chi connectivity index (χ2v) is 8.80. The molecule has 1 heteroatoms. The Morgan fingerprint density at radius 1 is 0.941 bits per heavy atom. The molecule has 1 atom stereocenters. The summed E-state index contributed by atoms with van der Waals surface area (Å²) < 4.78 is 0. The first kappa shape index (κ1) is 12.0. The van der Waals surface area contributed by atoms with Crippen molar-refractivity contribution in [2.24, 2.45) is 22.2 Å². The second-order valence-electron chi connectivity index (χ2n) is 8.80. The molecule has 3 aliphatic carbocycles. The molecular formula is C16H29N. The molecule has 0 saturated heterocycles. The summed E-state index contributed by atoms with van der Waals surface area (Å²) in [7, 11) is 0. The summed E-state index contributed by atoms with van der Waals surface area (Å²) in [5, 5.41) is 3.74. The average Bonchev–Trinajstić information content (AvgIpc) is 2.94. The predicted octanol–water partition coefficient (Wildman–Crippen LogP) is 3.98. The van der Waals surface area contributed by atoms with E-state index in [4.69, 9.17) is 0 Å².